The maximum absolute atomic E-state index is 13.4. The lowest BCUT2D eigenvalue weighted by Crippen LogP contribution is -2.44. The summed E-state index contributed by atoms with van der Waals surface area (Å²) in [5.41, 5.74) is 7.64. The molecule has 0 radical (unpaired) electrons. The van der Waals surface area contributed by atoms with Gasteiger partial charge in [0, 0.05) is 18.8 Å². The van der Waals surface area contributed by atoms with Gasteiger partial charge in [-0.2, -0.15) is 0 Å². The fourth-order valence-corrected chi connectivity index (χ4v) is 2.93. The van der Waals surface area contributed by atoms with Crippen molar-refractivity contribution in [2.45, 2.75) is 50.8 Å². The number of likely N-dealkylation sites (N-methyl/N-ethyl adjacent to an activating group) is 1. The lowest BCUT2D eigenvalue weighted by molar-refractivity contribution is 0.106. The van der Waals surface area contributed by atoms with E-state index in [1.54, 1.807) is 6.07 Å². The molecule has 1 aromatic carbocycles. The van der Waals surface area contributed by atoms with E-state index in [0.717, 1.165) is 36.9 Å². The molecule has 0 bridgehead atoms. The molecule has 4 heteroatoms. The van der Waals surface area contributed by atoms with Crippen molar-refractivity contribution in [1.29, 1.82) is 0 Å². The van der Waals surface area contributed by atoms with Crippen LogP contribution in [0.1, 0.15) is 44.2 Å². The molecule has 0 spiro atoms. The second-order valence-electron chi connectivity index (χ2n) is 5.52. The first-order valence-corrected chi connectivity index (χ1v) is 6.96. The number of hydrogen-bond donors (Lipinski definition) is 2. The first-order chi connectivity index (χ1) is 9.00. The summed E-state index contributed by atoms with van der Waals surface area (Å²) in [6, 6.07) is 4.57. The van der Waals surface area contributed by atoms with E-state index in [-0.39, 0.29) is 24.0 Å². The highest BCUT2D eigenvalue weighted by Gasteiger charge is 2.28. The Hall–Kier alpha value is -1.13. The van der Waals surface area contributed by atoms with Gasteiger partial charge in [-0.05, 0) is 43.5 Å². The summed E-state index contributed by atoms with van der Waals surface area (Å²) in [7, 11) is 1.96. The molecule has 3 unspecified atom stereocenters. The Balaban J connectivity index is 2.29. The summed E-state index contributed by atoms with van der Waals surface area (Å²) >= 11 is 0. The highest BCUT2D eigenvalue weighted by Crippen LogP contribution is 2.31. The van der Waals surface area contributed by atoms with Gasteiger partial charge in [0.15, 0.2) is 0 Å². The van der Waals surface area contributed by atoms with Crippen molar-refractivity contribution in [1.82, 2.24) is 0 Å². The van der Waals surface area contributed by atoms with Gasteiger partial charge >= 0.3 is 0 Å². The smallest absolute Gasteiger partial charge is 0.123 e. The van der Waals surface area contributed by atoms with Gasteiger partial charge < -0.3 is 15.7 Å². The number of rotatable bonds is 3. The molecular formula is C15H23FN2O. The zero-order chi connectivity index (χ0) is 14.0. The Morgan fingerprint density at radius 3 is 2.68 bits per heavy atom. The van der Waals surface area contributed by atoms with Crippen LogP contribution in [0.25, 0.3) is 0 Å². The van der Waals surface area contributed by atoms with Gasteiger partial charge in [0.05, 0.1) is 12.1 Å². The molecule has 3 nitrogen and oxygen atoms in total. The number of hydrogen-bond acceptors (Lipinski definition) is 3. The Bertz CT molecular complexity index is 436. The van der Waals surface area contributed by atoms with E-state index in [0.29, 0.717) is 0 Å². The fraction of sp³-hybridized carbons (Fsp3) is 0.600. The number of aliphatic hydroxyl groups is 1. The number of nitrogens with two attached hydrogens (primary N) is 1. The van der Waals surface area contributed by atoms with Gasteiger partial charge in [-0.3, -0.25) is 0 Å². The highest BCUT2D eigenvalue weighted by molar-refractivity contribution is 5.55. The minimum Gasteiger partial charge on any atom is -0.391 e. The molecule has 3 N–H and O–H groups in total. The molecule has 2 rings (SSSR count). The third kappa shape index (κ3) is 3.07. The van der Waals surface area contributed by atoms with Crippen LogP contribution in [0, 0.1) is 5.82 Å². The molecule has 0 amide bonds. The predicted molar refractivity (Wildman–Crippen MR) is 75.7 cm³/mol. The van der Waals surface area contributed by atoms with E-state index in [1.165, 1.54) is 12.1 Å². The molecule has 106 valence electrons. The van der Waals surface area contributed by atoms with Crippen LogP contribution in [0.15, 0.2) is 18.2 Å². The summed E-state index contributed by atoms with van der Waals surface area (Å²) < 4.78 is 13.4. The fourth-order valence-electron chi connectivity index (χ4n) is 2.93. The van der Waals surface area contributed by atoms with Crippen LogP contribution in [-0.4, -0.2) is 24.3 Å². The molecule has 1 fully saturated rings. The van der Waals surface area contributed by atoms with Crippen LogP contribution < -0.4 is 10.6 Å². The van der Waals surface area contributed by atoms with E-state index < -0.39 is 0 Å². The monoisotopic (exact) mass is 266 g/mol. The third-order valence-corrected chi connectivity index (χ3v) is 4.05. The van der Waals surface area contributed by atoms with Crippen molar-refractivity contribution >= 4 is 5.69 Å². The second-order valence-corrected chi connectivity index (χ2v) is 5.52. The van der Waals surface area contributed by atoms with Crippen molar-refractivity contribution in [2.24, 2.45) is 5.73 Å². The molecule has 1 aliphatic carbocycles. The van der Waals surface area contributed by atoms with Gasteiger partial charge in [0.1, 0.15) is 5.82 Å². The average Bonchev–Trinajstić information content (AvgIpc) is 2.38. The second kappa shape index (κ2) is 5.88. The van der Waals surface area contributed by atoms with E-state index in [1.807, 2.05) is 14.0 Å². The van der Waals surface area contributed by atoms with Gasteiger partial charge in [-0.25, -0.2) is 4.39 Å². The molecule has 0 aliphatic heterocycles. The van der Waals surface area contributed by atoms with Crippen LogP contribution in [0.3, 0.4) is 0 Å². The number of benzene rings is 1. The van der Waals surface area contributed by atoms with Crippen LogP contribution in [0.2, 0.25) is 0 Å². The molecule has 0 heterocycles. The maximum Gasteiger partial charge on any atom is 0.123 e. The molecule has 1 aliphatic rings. The lowest BCUT2D eigenvalue weighted by atomic mass is 9.90. The summed E-state index contributed by atoms with van der Waals surface area (Å²) in [5, 5.41) is 10.1. The Morgan fingerprint density at radius 2 is 2.05 bits per heavy atom. The molecule has 1 aromatic rings. The minimum atomic E-state index is -0.315. The molecule has 0 aromatic heterocycles. The zero-order valence-electron chi connectivity index (χ0n) is 11.6. The first kappa shape index (κ1) is 14.3. The van der Waals surface area contributed by atoms with Crippen LogP contribution >= 0.6 is 0 Å². The van der Waals surface area contributed by atoms with E-state index >= 15 is 0 Å². The van der Waals surface area contributed by atoms with Crippen LogP contribution in [0.4, 0.5) is 10.1 Å². The van der Waals surface area contributed by atoms with Crippen molar-refractivity contribution in [3.8, 4) is 0 Å². The van der Waals surface area contributed by atoms with E-state index in [9.17, 15) is 9.50 Å². The normalized spacial score (nSPS) is 25.1. The summed E-state index contributed by atoms with van der Waals surface area (Å²) in [6.07, 6.45) is 3.69. The van der Waals surface area contributed by atoms with Crippen molar-refractivity contribution in [2.75, 3.05) is 11.9 Å². The summed E-state index contributed by atoms with van der Waals surface area (Å²) in [6.45, 7) is 1.85. The molecular weight excluding hydrogens is 243 g/mol. The van der Waals surface area contributed by atoms with Gasteiger partial charge in [0.25, 0.3) is 0 Å². The van der Waals surface area contributed by atoms with E-state index in [2.05, 4.69) is 4.90 Å². The Labute approximate surface area is 114 Å². The quantitative estimate of drug-likeness (QED) is 0.884. The number of halogens is 1. The minimum absolute atomic E-state index is 0.0942. The standard InChI is InChI=1S/C15H23FN2O/c1-10(17)12-9-11(16)7-8-13(12)18(2)14-5-3-4-6-15(14)19/h7-10,14-15,19H,3-6,17H2,1-2H3. The van der Waals surface area contributed by atoms with Crippen LogP contribution in [-0.2, 0) is 0 Å². The van der Waals surface area contributed by atoms with Crippen molar-refractivity contribution < 1.29 is 9.50 Å². The van der Waals surface area contributed by atoms with Crippen molar-refractivity contribution in [3.63, 3.8) is 0 Å². The topological polar surface area (TPSA) is 49.5 Å². The maximum atomic E-state index is 13.4. The lowest BCUT2D eigenvalue weighted by Gasteiger charge is -2.38. The van der Waals surface area contributed by atoms with Gasteiger partial charge in [-0.15, -0.1) is 0 Å². The SMILES string of the molecule is CC(N)c1cc(F)ccc1N(C)C1CCCCC1O. The number of anilines is 1. The third-order valence-electron chi connectivity index (χ3n) is 4.05. The van der Waals surface area contributed by atoms with Crippen molar-refractivity contribution in [3.05, 3.63) is 29.6 Å². The zero-order valence-corrected chi connectivity index (χ0v) is 11.6. The average molecular weight is 266 g/mol. The summed E-state index contributed by atoms with van der Waals surface area (Å²) in [5.74, 6) is -0.270. The largest absolute Gasteiger partial charge is 0.391 e. The van der Waals surface area contributed by atoms with Crippen LogP contribution in [0.5, 0.6) is 0 Å². The Morgan fingerprint density at radius 1 is 1.37 bits per heavy atom. The van der Waals surface area contributed by atoms with Gasteiger partial charge in [-0.1, -0.05) is 12.8 Å². The molecule has 1 saturated carbocycles. The number of nitrogens with zero attached hydrogens (tertiary/aromatic N) is 1. The highest BCUT2D eigenvalue weighted by atomic mass is 19.1. The van der Waals surface area contributed by atoms with E-state index in [4.69, 9.17) is 5.73 Å². The molecule has 19 heavy (non-hydrogen) atoms. The predicted octanol–water partition coefficient (Wildman–Crippen LogP) is 2.59. The molecule has 3 atom stereocenters. The first-order valence-electron chi connectivity index (χ1n) is 6.96. The Kier molecular flexibility index (Phi) is 4.42. The number of aliphatic hydroxyl groups excluding tert-OH is 1. The van der Waals surface area contributed by atoms with Gasteiger partial charge in [0.2, 0.25) is 0 Å². The molecule has 0 saturated heterocycles. The summed E-state index contributed by atoms with van der Waals surface area (Å²) in [4.78, 5) is 2.06.